The number of hydrogen-bond donors (Lipinski definition) is 0. The number of halogens is 1. The Morgan fingerprint density at radius 3 is 2.08 bits per heavy atom. The summed E-state index contributed by atoms with van der Waals surface area (Å²) in [6.45, 7) is 4.47. The molecule has 0 aliphatic carbocycles. The Morgan fingerprint density at radius 2 is 1.69 bits per heavy atom. The summed E-state index contributed by atoms with van der Waals surface area (Å²) in [5.41, 5.74) is 0.119. The summed E-state index contributed by atoms with van der Waals surface area (Å²) >= 11 is 3.37. The van der Waals surface area contributed by atoms with E-state index in [1.807, 2.05) is 0 Å². The van der Waals surface area contributed by atoms with Crippen molar-refractivity contribution in [2.75, 3.05) is 25.2 Å². The van der Waals surface area contributed by atoms with E-state index in [0.717, 1.165) is 38.0 Å². The molecule has 0 saturated carbocycles. The molecule has 0 unspecified atom stereocenters. The van der Waals surface area contributed by atoms with Crippen LogP contribution in [0.5, 0.6) is 0 Å². The third-order valence-electron chi connectivity index (χ3n) is 2.95. The summed E-state index contributed by atoms with van der Waals surface area (Å²) in [4.78, 5) is 0. The average Bonchev–Trinajstić information content (AvgIpc) is 2.21. The molecule has 0 atom stereocenters. The largest absolute Gasteiger partial charge is 0.327 e. The molecule has 0 N–H and O–H groups in total. The van der Waals surface area contributed by atoms with Gasteiger partial charge in [0.25, 0.3) is 5.97 Å². The van der Waals surface area contributed by atoms with Crippen LogP contribution in [0.4, 0.5) is 0 Å². The molecule has 3 rings (SSSR count). The molecule has 0 aromatic rings. The Balaban J connectivity index is 2.03. The van der Waals surface area contributed by atoms with Crippen LogP contribution >= 0.6 is 15.9 Å². The molecule has 76 valence electrons. The van der Waals surface area contributed by atoms with Crippen molar-refractivity contribution in [1.82, 2.24) is 0 Å². The van der Waals surface area contributed by atoms with E-state index in [2.05, 4.69) is 22.9 Å². The van der Waals surface area contributed by atoms with Crippen molar-refractivity contribution in [1.29, 1.82) is 0 Å². The van der Waals surface area contributed by atoms with Gasteiger partial charge in [0.2, 0.25) is 0 Å². The zero-order chi connectivity index (χ0) is 9.36. The van der Waals surface area contributed by atoms with Gasteiger partial charge in [-0.25, -0.2) is 0 Å². The summed E-state index contributed by atoms with van der Waals surface area (Å²) in [5.74, 6) is -0.736. The fraction of sp³-hybridized carbons (Fsp3) is 1.00. The summed E-state index contributed by atoms with van der Waals surface area (Å²) in [5, 5.41) is 0.839. The Morgan fingerprint density at radius 1 is 1.15 bits per heavy atom. The highest BCUT2D eigenvalue weighted by molar-refractivity contribution is 9.09. The van der Waals surface area contributed by atoms with Crippen molar-refractivity contribution in [3.63, 3.8) is 0 Å². The van der Waals surface area contributed by atoms with Gasteiger partial charge in [0.1, 0.15) is 0 Å². The van der Waals surface area contributed by atoms with Crippen LogP contribution in [-0.2, 0) is 14.2 Å². The van der Waals surface area contributed by atoms with Crippen molar-refractivity contribution < 1.29 is 14.2 Å². The van der Waals surface area contributed by atoms with E-state index in [1.54, 1.807) is 0 Å². The van der Waals surface area contributed by atoms with E-state index in [0.29, 0.717) is 0 Å². The van der Waals surface area contributed by atoms with Crippen molar-refractivity contribution >= 4 is 15.9 Å². The molecular formula is C9H15BrO3. The zero-order valence-electron chi connectivity index (χ0n) is 7.85. The highest BCUT2D eigenvalue weighted by atomic mass is 79.9. The van der Waals surface area contributed by atoms with Gasteiger partial charge in [-0.15, -0.1) is 0 Å². The first-order chi connectivity index (χ1) is 6.24. The van der Waals surface area contributed by atoms with Crippen molar-refractivity contribution in [3.8, 4) is 0 Å². The lowest BCUT2D eigenvalue weighted by atomic mass is 9.86. The molecule has 0 amide bonds. The maximum Gasteiger partial charge on any atom is 0.283 e. The van der Waals surface area contributed by atoms with Gasteiger partial charge in [-0.2, -0.15) is 0 Å². The van der Waals surface area contributed by atoms with Crippen LogP contribution < -0.4 is 0 Å². The summed E-state index contributed by atoms with van der Waals surface area (Å²) in [6, 6.07) is 0. The van der Waals surface area contributed by atoms with Gasteiger partial charge >= 0.3 is 0 Å². The van der Waals surface area contributed by atoms with Crippen molar-refractivity contribution in [2.24, 2.45) is 5.41 Å². The molecule has 4 heteroatoms. The Labute approximate surface area is 86.9 Å². The predicted octanol–water partition coefficient (Wildman–Crippen LogP) is 1.90. The molecule has 3 aliphatic heterocycles. The van der Waals surface area contributed by atoms with E-state index >= 15 is 0 Å². The lowest BCUT2D eigenvalue weighted by Gasteiger charge is -2.51. The molecule has 0 aromatic heterocycles. The molecule has 0 radical (unpaired) electrons. The molecule has 3 heterocycles. The highest BCUT2D eigenvalue weighted by Gasteiger charge is 2.51. The maximum absolute atomic E-state index is 5.62. The van der Waals surface area contributed by atoms with Gasteiger partial charge in [-0.1, -0.05) is 22.9 Å². The fourth-order valence-electron chi connectivity index (χ4n) is 1.68. The second kappa shape index (κ2) is 3.50. The van der Waals surface area contributed by atoms with Crippen LogP contribution in [-0.4, -0.2) is 31.1 Å². The quantitative estimate of drug-likeness (QED) is 0.717. The minimum Gasteiger partial charge on any atom is -0.327 e. The van der Waals surface area contributed by atoms with Crippen LogP contribution in [0.25, 0.3) is 0 Å². The number of fused-ring (bicyclic) bond motifs is 3. The minimum absolute atomic E-state index is 0.119. The van der Waals surface area contributed by atoms with Crippen molar-refractivity contribution in [3.05, 3.63) is 0 Å². The second-order valence-electron chi connectivity index (χ2n) is 3.84. The van der Waals surface area contributed by atoms with Crippen LogP contribution in [0.1, 0.15) is 19.8 Å². The van der Waals surface area contributed by atoms with Crippen LogP contribution in [0, 0.1) is 5.41 Å². The van der Waals surface area contributed by atoms with Gasteiger partial charge in [-0.05, 0) is 6.42 Å². The minimum atomic E-state index is -0.736. The number of alkyl halides is 1. The van der Waals surface area contributed by atoms with E-state index in [4.69, 9.17) is 14.2 Å². The third-order valence-corrected chi connectivity index (χ3v) is 3.34. The predicted molar refractivity (Wildman–Crippen MR) is 51.7 cm³/mol. The fourth-order valence-corrected chi connectivity index (χ4v) is 2.16. The number of hydrogen-bond acceptors (Lipinski definition) is 3. The van der Waals surface area contributed by atoms with E-state index in [-0.39, 0.29) is 5.41 Å². The van der Waals surface area contributed by atoms with Gasteiger partial charge in [0.05, 0.1) is 19.8 Å². The standard InChI is InChI=1S/C9H15BrO3/c1-2-8-5-11-9(3-4-10,12-6-8)13-7-8/h2-7H2,1H3. The molecular weight excluding hydrogens is 236 g/mol. The lowest BCUT2D eigenvalue weighted by molar-refractivity contribution is -0.468. The highest BCUT2D eigenvalue weighted by Crippen LogP contribution is 2.41. The van der Waals surface area contributed by atoms with Gasteiger partial charge in [0, 0.05) is 17.2 Å². The van der Waals surface area contributed by atoms with E-state index < -0.39 is 5.97 Å². The Bertz CT molecular complexity index is 171. The number of ether oxygens (including phenoxy) is 3. The summed E-state index contributed by atoms with van der Waals surface area (Å²) in [7, 11) is 0. The van der Waals surface area contributed by atoms with Crippen LogP contribution in [0.15, 0.2) is 0 Å². The normalized spacial score (nSPS) is 43.8. The van der Waals surface area contributed by atoms with E-state index in [1.165, 1.54) is 0 Å². The van der Waals surface area contributed by atoms with Gasteiger partial charge in [-0.3, -0.25) is 0 Å². The first kappa shape index (κ1) is 9.90. The summed E-state index contributed by atoms with van der Waals surface area (Å²) < 4.78 is 16.9. The van der Waals surface area contributed by atoms with Gasteiger partial charge < -0.3 is 14.2 Å². The molecule has 3 aliphatic rings. The monoisotopic (exact) mass is 250 g/mol. The zero-order valence-corrected chi connectivity index (χ0v) is 9.43. The van der Waals surface area contributed by atoms with Crippen molar-refractivity contribution in [2.45, 2.75) is 25.7 Å². The smallest absolute Gasteiger partial charge is 0.283 e. The SMILES string of the molecule is CCC12COC(CCBr)(OC1)OC2. The first-order valence-corrected chi connectivity index (χ1v) is 5.84. The molecule has 3 nitrogen and oxygen atoms in total. The lowest BCUT2D eigenvalue weighted by Crippen LogP contribution is -2.59. The topological polar surface area (TPSA) is 27.7 Å². The molecule has 0 spiro atoms. The van der Waals surface area contributed by atoms with Gasteiger partial charge in [0.15, 0.2) is 0 Å². The molecule has 0 aromatic carbocycles. The molecule has 3 saturated heterocycles. The summed E-state index contributed by atoms with van der Waals surface area (Å²) in [6.07, 6.45) is 1.81. The van der Waals surface area contributed by atoms with Crippen LogP contribution in [0.3, 0.4) is 0 Å². The molecule has 13 heavy (non-hydrogen) atoms. The average molecular weight is 251 g/mol. The first-order valence-electron chi connectivity index (χ1n) is 4.72. The number of rotatable bonds is 3. The van der Waals surface area contributed by atoms with E-state index in [9.17, 15) is 0 Å². The Kier molecular flexibility index (Phi) is 2.66. The molecule has 3 fully saturated rings. The second-order valence-corrected chi connectivity index (χ2v) is 4.63. The third kappa shape index (κ3) is 1.65. The van der Waals surface area contributed by atoms with Crippen LogP contribution in [0.2, 0.25) is 0 Å². The maximum atomic E-state index is 5.62. The molecule has 2 bridgehead atoms. The Hall–Kier alpha value is 0.360.